The lowest BCUT2D eigenvalue weighted by molar-refractivity contribution is -0.126. The van der Waals surface area contributed by atoms with Gasteiger partial charge >= 0.3 is 0 Å². The third-order valence-electron chi connectivity index (χ3n) is 5.16. The zero-order valence-electron chi connectivity index (χ0n) is 13.3. The molecule has 2 atom stereocenters. The van der Waals surface area contributed by atoms with Crippen LogP contribution in [-0.2, 0) is 4.79 Å². The highest BCUT2D eigenvalue weighted by Gasteiger charge is 2.30. The van der Waals surface area contributed by atoms with Crippen molar-refractivity contribution in [2.75, 3.05) is 13.1 Å². The van der Waals surface area contributed by atoms with Crippen LogP contribution in [0.4, 0.5) is 8.78 Å². The lowest BCUT2D eigenvalue weighted by atomic mass is 9.84. The molecule has 1 aromatic carbocycles. The van der Waals surface area contributed by atoms with E-state index >= 15 is 0 Å². The average Bonchev–Trinajstić information content (AvgIpc) is 2.59. The molecule has 2 aliphatic rings. The number of rotatable bonds is 3. The number of piperidine rings is 1. The number of hydrogen-bond acceptors (Lipinski definition) is 2. The fourth-order valence-electron chi connectivity index (χ4n) is 3.82. The molecule has 2 fully saturated rings. The van der Waals surface area contributed by atoms with Crippen LogP contribution in [0.2, 0.25) is 0 Å². The van der Waals surface area contributed by atoms with Gasteiger partial charge in [0.1, 0.15) is 0 Å². The Kier molecular flexibility index (Phi) is 5.26. The van der Waals surface area contributed by atoms with Gasteiger partial charge < -0.3 is 10.6 Å². The van der Waals surface area contributed by atoms with Gasteiger partial charge in [0.15, 0.2) is 11.6 Å². The second-order valence-corrected chi connectivity index (χ2v) is 6.72. The lowest BCUT2D eigenvalue weighted by Crippen LogP contribution is -2.51. The topological polar surface area (TPSA) is 41.1 Å². The lowest BCUT2D eigenvalue weighted by Gasteiger charge is -2.34. The summed E-state index contributed by atoms with van der Waals surface area (Å²) in [4.78, 5) is 12.5. The van der Waals surface area contributed by atoms with Crippen LogP contribution in [-0.4, -0.2) is 25.0 Å². The van der Waals surface area contributed by atoms with E-state index in [1.807, 2.05) is 0 Å². The third kappa shape index (κ3) is 3.89. The summed E-state index contributed by atoms with van der Waals surface area (Å²) >= 11 is 0. The van der Waals surface area contributed by atoms with Crippen molar-refractivity contribution >= 4 is 5.91 Å². The quantitative estimate of drug-likeness (QED) is 0.898. The number of carbonyl (C=O) groups is 1. The number of nitrogens with one attached hydrogen (secondary N) is 2. The van der Waals surface area contributed by atoms with Crippen molar-refractivity contribution in [1.29, 1.82) is 0 Å². The van der Waals surface area contributed by atoms with E-state index in [0.29, 0.717) is 6.54 Å². The van der Waals surface area contributed by atoms with E-state index in [1.54, 1.807) is 6.07 Å². The summed E-state index contributed by atoms with van der Waals surface area (Å²) in [6, 6.07) is 4.01. The number of halogens is 2. The first kappa shape index (κ1) is 16.4. The van der Waals surface area contributed by atoms with E-state index in [2.05, 4.69) is 10.6 Å². The fourth-order valence-corrected chi connectivity index (χ4v) is 3.82. The monoisotopic (exact) mass is 322 g/mol. The number of carbonyl (C=O) groups excluding carboxylic acids is 1. The van der Waals surface area contributed by atoms with Gasteiger partial charge in [-0.3, -0.25) is 4.79 Å². The zero-order chi connectivity index (χ0) is 16.2. The van der Waals surface area contributed by atoms with Crippen molar-refractivity contribution in [2.45, 2.75) is 50.5 Å². The second kappa shape index (κ2) is 7.39. The minimum Gasteiger partial charge on any atom is -0.351 e. The maximum atomic E-state index is 13.5. The van der Waals surface area contributed by atoms with Crippen LogP contribution >= 0.6 is 0 Å². The fraction of sp³-hybridized carbons (Fsp3) is 0.611. The highest BCUT2D eigenvalue weighted by molar-refractivity contribution is 5.79. The molecule has 1 aliphatic carbocycles. The predicted molar refractivity (Wildman–Crippen MR) is 85.1 cm³/mol. The molecule has 1 amide bonds. The molecule has 1 aromatic rings. The Balaban J connectivity index is 1.70. The molecular formula is C18H24F2N2O. The number of benzene rings is 1. The summed E-state index contributed by atoms with van der Waals surface area (Å²) in [6.07, 6.45) is 6.18. The maximum Gasteiger partial charge on any atom is 0.223 e. The summed E-state index contributed by atoms with van der Waals surface area (Å²) in [5.74, 6) is -1.40. The standard InChI is InChI=1S/C18H24F2N2O/c19-15-7-6-13(10-16(15)20)14-8-9-21-11-17(14)22-18(23)12-4-2-1-3-5-12/h6-7,10,12,14,17,21H,1-5,8-9,11H2,(H,22,23). The molecule has 2 unspecified atom stereocenters. The normalized spacial score (nSPS) is 26.0. The van der Waals surface area contributed by atoms with Crippen LogP contribution in [0.3, 0.4) is 0 Å². The summed E-state index contributed by atoms with van der Waals surface area (Å²) in [5.41, 5.74) is 0.763. The van der Waals surface area contributed by atoms with Crippen molar-refractivity contribution in [3.05, 3.63) is 35.4 Å². The molecule has 126 valence electrons. The molecule has 1 heterocycles. The highest BCUT2D eigenvalue weighted by atomic mass is 19.2. The van der Waals surface area contributed by atoms with Crippen LogP contribution < -0.4 is 10.6 Å². The van der Waals surface area contributed by atoms with Gasteiger partial charge in [0.05, 0.1) is 0 Å². The minimum atomic E-state index is -0.828. The van der Waals surface area contributed by atoms with Crippen molar-refractivity contribution in [3.8, 4) is 0 Å². The van der Waals surface area contributed by atoms with Gasteiger partial charge in [-0.15, -0.1) is 0 Å². The van der Waals surface area contributed by atoms with Gasteiger partial charge in [-0.05, 0) is 43.5 Å². The van der Waals surface area contributed by atoms with Crippen LogP contribution in [0.1, 0.15) is 50.0 Å². The molecule has 5 heteroatoms. The minimum absolute atomic E-state index is 0.0268. The molecule has 0 spiro atoms. The summed E-state index contributed by atoms with van der Waals surface area (Å²) < 4.78 is 26.7. The van der Waals surface area contributed by atoms with Crippen molar-refractivity contribution in [3.63, 3.8) is 0 Å². The summed E-state index contributed by atoms with van der Waals surface area (Å²) in [5, 5.41) is 6.44. The van der Waals surface area contributed by atoms with Crippen molar-refractivity contribution in [1.82, 2.24) is 10.6 Å². The van der Waals surface area contributed by atoms with E-state index in [4.69, 9.17) is 0 Å². The Morgan fingerprint density at radius 2 is 1.87 bits per heavy atom. The van der Waals surface area contributed by atoms with Crippen LogP contribution in [0, 0.1) is 17.6 Å². The van der Waals surface area contributed by atoms with Gasteiger partial charge in [0.25, 0.3) is 0 Å². The molecule has 2 N–H and O–H groups in total. The van der Waals surface area contributed by atoms with Crippen molar-refractivity contribution < 1.29 is 13.6 Å². The molecule has 0 bridgehead atoms. The van der Waals surface area contributed by atoms with Crippen molar-refractivity contribution in [2.24, 2.45) is 5.92 Å². The Bertz CT molecular complexity index is 558. The molecule has 1 saturated heterocycles. The van der Waals surface area contributed by atoms with Gasteiger partial charge in [-0.1, -0.05) is 25.3 Å². The SMILES string of the molecule is O=C(NC1CNCCC1c1ccc(F)c(F)c1)C1CCCCC1. The molecular weight excluding hydrogens is 298 g/mol. The summed E-state index contributed by atoms with van der Waals surface area (Å²) in [6.45, 7) is 1.49. The number of hydrogen-bond donors (Lipinski definition) is 2. The van der Waals surface area contributed by atoms with Gasteiger partial charge in [-0.2, -0.15) is 0 Å². The van der Waals surface area contributed by atoms with Crippen LogP contribution in [0.15, 0.2) is 18.2 Å². The molecule has 3 nitrogen and oxygen atoms in total. The molecule has 1 aliphatic heterocycles. The molecule has 1 saturated carbocycles. The van der Waals surface area contributed by atoms with E-state index in [-0.39, 0.29) is 23.8 Å². The largest absolute Gasteiger partial charge is 0.351 e. The molecule has 23 heavy (non-hydrogen) atoms. The smallest absolute Gasteiger partial charge is 0.223 e. The first-order valence-electron chi connectivity index (χ1n) is 8.61. The molecule has 0 radical (unpaired) electrons. The Morgan fingerprint density at radius 3 is 2.61 bits per heavy atom. The first-order chi connectivity index (χ1) is 11.1. The highest BCUT2D eigenvalue weighted by Crippen LogP contribution is 2.29. The van der Waals surface area contributed by atoms with E-state index in [1.165, 1.54) is 18.6 Å². The first-order valence-corrected chi connectivity index (χ1v) is 8.61. The summed E-state index contributed by atoms with van der Waals surface area (Å²) in [7, 11) is 0. The Morgan fingerprint density at radius 1 is 1.09 bits per heavy atom. The van der Waals surface area contributed by atoms with E-state index in [9.17, 15) is 13.6 Å². The number of amides is 1. The molecule has 0 aromatic heterocycles. The van der Waals surface area contributed by atoms with Gasteiger partial charge in [0, 0.05) is 24.4 Å². The van der Waals surface area contributed by atoms with Gasteiger partial charge in [-0.25, -0.2) is 8.78 Å². The van der Waals surface area contributed by atoms with Gasteiger partial charge in [0.2, 0.25) is 5.91 Å². The van der Waals surface area contributed by atoms with Crippen LogP contribution in [0.25, 0.3) is 0 Å². The van der Waals surface area contributed by atoms with E-state index < -0.39 is 11.6 Å². The third-order valence-corrected chi connectivity index (χ3v) is 5.16. The van der Waals surface area contributed by atoms with E-state index in [0.717, 1.165) is 44.2 Å². The Hall–Kier alpha value is -1.49. The second-order valence-electron chi connectivity index (χ2n) is 6.72. The zero-order valence-corrected chi connectivity index (χ0v) is 13.3. The Labute approximate surface area is 135 Å². The molecule has 3 rings (SSSR count). The maximum absolute atomic E-state index is 13.5. The average molecular weight is 322 g/mol. The predicted octanol–water partition coefficient (Wildman–Crippen LogP) is 3.11. The van der Waals surface area contributed by atoms with Crippen LogP contribution in [0.5, 0.6) is 0 Å².